The molecule has 1 atom stereocenters. The van der Waals surface area contributed by atoms with Crippen LogP contribution in [0.2, 0.25) is 0 Å². The van der Waals surface area contributed by atoms with E-state index >= 15 is 0 Å². The molecule has 0 aliphatic carbocycles. The van der Waals surface area contributed by atoms with Gasteiger partial charge in [0.1, 0.15) is 5.69 Å². The number of nitrogens with zero attached hydrogens (tertiary/aromatic N) is 1. The first-order chi connectivity index (χ1) is 9.61. The number of nitrogens with two attached hydrogens (primary N) is 1. The lowest BCUT2D eigenvalue weighted by Gasteiger charge is -2.12. The van der Waals surface area contributed by atoms with Gasteiger partial charge in [0.15, 0.2) is 0 Å². The standard InChI is InChI=1S/C15H19N3O2/c1-3-20-10(2)9-17-15(19)14-8-12(16)11-6-4-5-7-13(11)18-14/h4-8,10H,3,9H2,1-2H3,(H2,16,18)(H,17,19). The average Bonchev–Trinajstić information content (AvgIpc) is 2.45. The van der Waals surface area contributed by atoms with Crippen molar-refractivity contribution in [2.75, 3.05) is 18.9 Å². The Morgan fingerprint density at radius 2 is 2.20 bits per heavy atom. The topological polar surface area (TPSA) is 77.2 Å². The number of para-hydroxylation sites is 1. The van der Waals surface area contributed by atoms with Crippen LogP contribution in [0.25, 0.3) is 10.9 Å². The summed E-state index contributed by atoms with van der Waals surface area (Å²) in [4.78, 5) is 16.4. The second-order valence-electron chi connectivity index (χ2n) is 4.59. The Balaban J connectivity index is 2.14. The molecule has 0 bridgehead atoms. The zero-order chi connectivity index (χ0) is 14.5. The summed E-state index contributed by atoms with van der Waals surface area (Å²) in [7, 11) is 0. The highest BCUT2D eigenvalue weighted by Gasteiger charge is 2.11. The molecule has 0 saturated carbocycles. The molecule has 1 aromatic heterocycles. The number of carbonyl (C=O) groups is 1. The van der Waals surface area contributed by atoms with Gasteiger partial charge in [0.05, 0.1) is 11.6 Å². The van der Waals surface area contributed by atoms with Gasteiger partial charge in [-0.2, -0.15) is 0 Å². The first kappa shape index (κ1) is 14.3. The summed E-state index contributed by atoms with van der Waals surface area (Å²) in [5.41, 5.74) is 7.55. The number of ether oxygens (including phenoxy) is 1. The Morgan fingerprint density at radius 1 is 1.45 bits per heavy atom. The molecule has 1 heterocycles. The number of hydrogen-bond donors (Lipinski definition) is 2. The van der Waals surface area contributed by atoms with Gasteiger partial charge >= 0.3 is 0 Å². The van der Waals surface area contributed by atoms with Crippen LogP contribution in [-0.2, 0) is 4.74 Å². The van der Waals surface area contributed by atoms with Crippen LogP contribution in [-0.4, -0.2) is 30.1 Å². The molecule has 0 fully saturated rings. The van der Waals surface area contributed by atoms with Crippen LogP contribution in [0.1, 0.15) is 24.3 Å². The van der Waals surface area contributed by atoms with Gasteiger partial charge in [-0.3, -0.25) is 4.79 Å². The van der Waals surface area contributed by atoms with Crippen LogP contribution < -0.4 is 11.1 Å². The van der Waals surface area contributed by atoms with E-state index in [1.165, 1.54) is 0 Å². The van der Waals surface area contributed by atoms with Gasteiger partial charge in [0.2, 0.25) is 0 Å². The van der Waals surface area contributed by atoms with Gasteiger partial charge in [-0.25, -0.2) is 4.98 Å². The molecule has 20 heavy (non-hydrogen) atoms. The third kappa shape index (κ3) is 3.24. The fraction of sp³-hybridized carbons (Fsp3) is 0.333. The predicted molar refractivity (Wildman–Crippen MR) is 79.6 cm³/mol. The van der Waals surface area contributed by atoms with Gasteiger partial charge in [0, 0.05) is 24.2 Å². The molecule has 5 nitrogen and oxygen atoms in total. The molecule has 0 spiro atoms. The lowest BCUT2D eigenvalue weighted by Crippen LogP contribution is -2.32. The molecule has 0 saturated heterocycles. The average molecular weight is 273 g/mol. The van der Waals surface area contributed by atoms with Crippen molar-refractivity contribution in [2.45, 2.75) is 20.0 Å². The second-order valence-corrected chi connectivity index (χ2v) is 4.59. The molecule has 3 N–H and O–H groups in total. The fourth-order valence-electron chi connectivity index (χ4n) is 1.99. The summed E-state index contributed by atoms with van der Waals surface area (Å²) >= 11 is 0. The Morgan fingerprint density at radius 3 is 2.95 bits per heavy atom. The summed E-state index contributed by atoms with van der Waals surface area (Å²) in [5.74, 6) is -0.242. The third-order valence-corrected chi connectivity index (χ3v) is 2.98. The third-order valence-electron chi connectivity index (χ3n) is 2.98. The fourth-order valence-corrected chi connectivity index (χ4v) is 1.99. The number of hydrogen-bond acceptors (Lipinski definition) is 4. The quantitative estimate of drug-likeness (QED) is 0.873. The number of nitrogens with one attached hydrogen (secondary N) is 1. The predicted octanol–water partition coefficient (Wildman–Crippen LogP) is 1.97. The van der Waals surface area contributed by atoms with Crippen LogP contribution in [0.3, 0.4) is 0 Å². The number of fused-ring (bicyclic) bond motifs is 1. The van der Waals surface area contributed by atoms with Crippen molar-refractivity contribution in [1.82, 2.24) is 10.3 Å². The Hall–Kier alpha value is -2.14. The van der Waals surface area contributed by atoms with Gasteiger partial charge in [-0.1, -0.05) is 18.2 Å². The number of rotatable bonds is 5. The maximum atomic E-state index is 12.1. The molecule has 1 aromatic carbocycles. The van der Waals surface area contributed by atoms with Crippen LogP contribution in [0.5, 0.6) is 0 Å². The Labute approximate surface area is 118 Å². The maximum absolute atomic E-state index is 12.1. The molecular weight excluding hydrogens is 254 g/mol. The van der Waals surface area contributed by atoms with Crippen molar-refractivity contribution < 1.29 is 9.53 Å². The highest BCUT2D eigenvalue weighted by molar-refractivity contribution is 5.99. The van der Waals surface area contributed by atoms with E-state index in [1.54, 1.807) is 6.07 Å². The van der Waals surface area contributed by atoms with E-state index in [1.807, 2.05) is 38.1 Å². The maximum Gasteiger partial charge on any atom is 0.270 e. The molecule has 5 heteroatoms. The lowest BCUT2D eigenvalue weighted by atomic mass is 10.1. The van der Waals surface area contributed by atoms with E-state index in [4.69, 9.17) is 10.5 Å². The Bertz CT molecular complexity index is 613. The van der Waals surface area contributed by atoms with Gasteiger partial charge in [0.25, 0.3) is 5.91 Å². The van der Waals surface area contributed by atoms with Crippen LogP contribution in [0.4, 0.5) is 5.69 Å². The molecule has 106 valence electrons. The van der Waals surface area contributed by atoms with Gasteiger partial charge in [-0.15, -0.1) is 0 Å². The largest absolute Gasteiger partial charge is 0.398 e. The number of pyridine rings is 1. The van der Waals surface area contributed by atoms with E-state index < -0.39 is 0 Å². The zero-order valence-electron chi connectivity index (χ0n) is 11.7. The van der Waals surface area contributed by atoms with Crippen molar-refractivity contribution in [1.29, 1.82) is 0 Å². The van der Waals surface area contributed by atoms with Crippen molar-refractivity contribution in [3.63, 3.8) is 0 Å². The minimum Gasteiger partial charge on any atom is -0.398 e. The van der Waals surface area contributed by atoms with Crippen LogP contribution in [0.15, 0.2) is 30.3 Å². The van der Waals surface area contributed by atoms with E-state index in [0.29, 0.717) is 24.5 Å². The minimum atomic E-state index is -0.242. The smallest absolute Gasteiger partial charge is 0.270 e. The summed E-state index contributed by atoms with van der Waals surface area (Å²) < 4.78 is 5.36. The number of aromatic nitrogens is 1. The molecule has 1 unspecified atom stereocenters. The van der Waals surface area contributed by atoms with E-state index in [2.05, 4.69) is 10.3 Å². The van der Waals surface area contributed by atoms with Crippen molar-refractivity contribution >= 4 is 22.5 Å². The summed E-state index contributed by atoms with van der Waals surface area (Å²) in [6.07, 6.45) is -0.0262. The monoisotopic (exact) mass is 273 g/mol. The second kappa shape index (κ2) is 6.34. The molecule has 0 aliphatic heterocycles. The number of nitrogen functional groups attached to an aromatic ring is 1. The van der Waals surface area contributed by atoms with E-state index in [-0.39, 0.29) is 12.0 Å². The van der Waals surface area contributed by atoms with Crippen molar-refractivity contribution in [3.8, 4) is 0 Å². The molecule has 0 aliphatic rings. The van der Waals surface area contributed by atoms with Crippen molar-refractivity contribution in [3.05, 3.63) is 36.0 Å². The highest BCUT2D eigenvalue weighted by atomic mass is 16.5. The molecule has 1 amide bonds. The van der Waals surface area contributed by atoms with E-state index in [9.17, 15) is 4.79 Å². The number of anilines is 1. The molecule has 2 aromatic rings. The molecule has 2 rings (SSSR count). The Kier molecular flexibility index (Phi) is 4.53. The van der Waals surface area contributed by atoms with Crippen molar-refractivity contribution in [2.24, 2.45) is 0 Å². The number of carbonyl (C=O) groups excluding carboxylic acids is 1. The normalized spacial score (nSPS) is 12.3. The van der Waals surface area contributed by atoms with Gasteiger partial charge in [-0.05, 0) is 26.0 Å². The first-order valence-corrected chi connectivity index (χ1v) is 6.67. The number of benzene rings is 1. The number of amides is 1. The SMILES string of the molecule is CCOC(C)CNC(=O)c1cc(N)c2ccccc2n1. The summed E-state index contributed by atoms with van der Waals surface area (Å²) in [5, 5.41) is 3.65. The van der Waals surface area contributed by atoms with E-state index in [0.717, 1.165) is 10.9 Å². The molecular formula is C15H19N3O2. The van der Waals surface area contributed by atoms with Gasteiger partial charge < -0.3 is 15.8 Å². The zero-order valence-corrected chi connectivity index (χ0v) is 11.7. The van der Waals surface area contributed by atoms with Crippen LogP contribution in [0, 0.1) is 0 Å². The summed E-state index contributed by atoms with van der Waals surface area (Å²) in [6.45, 7) is 4.90. The minimum absolute atomic E-state index is 0.0262. The first-order valence-electron chi connectivity index (χ1n) is 6.67. The van der Waals surface area contributed by atoms with Crippen LogP contribution >= 0.6 is 0 Å². The summed E-state index contributed by atoms with van der Waals surface area (Å²) in [6, 6.07) is 9.09. The molecule has 0 radical (unpaired) electrons. The highest BCUT2D eigenvalue weighted by Crippen LogP contribution is 2.19. The lowest BCUT2D eigenvalue weighted by molar-refractivity contribution is 0.0693.